The van der Waals surface area contributed by atoms with Crippen molar-refractivity contribution in [2.75, 3.05) is 13.1 Å². The van der Waals surface area contributed by atoms with E-state index in [-0.39, 0.29) is 11.1 Å². The molecule has 2 heterocycles. The number of aromatic nitrogens is 1. The fraction of sp³-hybridized carbons (Fsp3) is 0.688. The average Bonchev–Trinajstić information content (AvgIpc) is 2.42. The van der Waals surface area contributed by atoms with Gasteiger partial charge in [0, 0.05) is 43.1 Å². The van der Waals surface area contributed by atoms with E-state index >= 15 is 0 Å². The Labute approximate surface area is 127 Å². The van der Waals surface area contributed by atoms with Crippen molar-refractivity contribution in [1.82, 2.24) is 15.2 Å². The molecule has 4 heteroatoms. The van der Waals surface area contributed by atoms with Crippen LogP contribution < -0.4 is 5.32 Å². The lowest BCUT2D eigenvalue weighted by Gasteiger charge is -2.52. The van der Waals surface area contributed by atoms with E-state index in [2.05, 4.69) is 42.9 Å². The summed E-state index contributed by atoms with van der Waals surface area (Å²) in [6.07, 6.45) is 5.86. The van der Waals surface area contributed by atoms with E-state index in [1.807, 2.05) is 12.3 Å². The molecule has 0 aromatic carbocycles. The van der Waals surface area contributed by atoms with Gasteiger partial charge in [-0.1, -0.05) is 25.4 Å². The van der Waals surface area contributed by atoms with E-state index in [9.17, 15) is 0 Å². The van der Waals surface area contributed by atoms with Gasteiger partial charge >= 0.3 is 0 Å². The van der Waals surface area contributed by atoms with Crippen molar-refractivity contribution in [3.63, 3.8) is 0 Å². The zero-order chi connectivity index (χ0) is 14.8. The van der Waals surface area contributed by atoms with Crippen LogP contribution in [0, 0.1) is 0 Å². The molecule has 1 aromatic heterocycles. The van der Waals surface area contributed by atoms with Gasteiger partial charge in [0.1, 0.15) is 0 Å². The van der Waals surface area contributed by atoms with Gasteiger partial charge in [-0.25, -0.2) is 0 Å². The Morgan fingerprint density at radius 2 is 2.05 bits per heavy atom. The molecule has 0 bridgehead atoms. The van der Waals surface area contributed by atoms with E-state index in [0.29, 0.717) is 0 Å². The minimum atomic E-state index is 0.146. The van der Waals surface area contributed by atoms with Crippen LogP contribution >= 0.6 is 11.6 Å². The Balaban J connectivity index is 2.26. The highest BCUT2D eigenvalue weighted by molar-refractivity contribution is 6.31. The molecule has 1 aliphatic heterocycles. The summed E-state index contributed by atoms with van der Waals surface area (Å²) >= 11 is 6.29. The van der Waals surface area contributed by atoms with Gasteiger partial charge in [0.05, 0.1) is 5.02 Å². The van der Waals surface area contributed by atoms with Gasteiger partial charge in [-0.3, -0.25) is 9.88 Å². The second-order valence-electron chi connectivity index (χ2n) is 6.49. The number of halogens is 1. The Hall–Kier alpha value is -0.640. The Morgan fingerprint density at radius 1 is 1.35 bits per heavy atom. The average molecular weight is 296 g/mol. The normalized spacial score (nSPS) is 21.9. The van der Waals surface area contributed by atoms with Crippen molar-refractivity contribution in [2.24, 2.45) is 0 Å². The number of hydrogen-bond donors (Lipinski definition) is 1. The van der Waals surface area contributed by atoms with Crippen molar-refractivity contribution < 1.29 is 0 Å². The molecule has 0 atom stereocenters. The van der Waals surface area contributed by atoms with E-state index < -0.39 is 0 Å². The first-order valence-corrected chi connectivity index (χ1v) is 7.89. The third-order valence-corrected chi connectivity index (χ3v) is 5.03. The van der Waals surface area contributed by atoms with Crippen molar-refractivity contribution in [2.45, 2.75) is 58.2 Å². The van der Waals surface area contributed by atoms with E-state index in [1.54, 1.807) is 6.20 Å². The van der Waals surface area contributed by atoms with Gasteiger partial charge in [0.15, 0.2) is 0 Å². The molecule has 3 nitrogen and oxygen atoms in total. The maximum absolute atomic E-state index is 6.29. The topological polar surface area (TPSA) is 28.2 Å². The van der Waals surface area contributed by atoms with Crippen molar-refractivity contribution in [1.29, 1.82) is 0 Å². The summed E-state index contributed by atoms with van der Waals surface area (Å²) in [6.45, 7) is 12.1. The smallest absolute Gasteiger partial charge is 0.0634 e. The lowest BCUT2D eigenvalue weighted by molar-refractivity contribution is 0.00234. The minimum Gasteiger partial charge on any atom is -0.309 e. The molecule has 0 radical (unpaired) electrons. The molecule has 0 aliphatic carbocycles. The summed E-state index contributed by atoms with van der Waals surface area (Å²) < 4.78 is 0. The van der Waals surface area contributed by atoms with E-state index in [0.717, 1.165) is 37.5 Å². The Bertz CT molecular complexity index is 455. The molecule has 2 rings (SSSR count). The monoisotopic (exact) mass is 295 g/mol. The van der Waals surface area contributed by atoms with Gasteiger partial charge in [-0.2, -0.15) is 0 Å². The molecule has 1 aromatic rings. The van der Waals surface area contributed by atoms with Crippen molar-refractivity contribution in [3.8, 4) is 0 Å². The van der Waals surface area contributed by atoms with Crippen LogP contribution in [0.2, 0.25) is 5.02 Å². The minimum absolute atomic E-state index is 0.146. The van der Waals surface area contributed by atoms with Crippen molar-refractivity contribution in [3.05, 3.63) is 29.0 Å². The lowest BCUT2D eigenvalue weighted by Crippen LogP contribution is -2.67. The zero-order valence-electron chi connectivity index (χ0n) is 13.0. The molecule has 1 saturated heterocycles. The first-order chi connectivity index (χ1) is 9.42. The van der Waals surface area contributed by atoms with Crippen LogP contribution in [0.4, 0.5) is 0 Å². The molecular formula is C16H26ClN3. The van der Waals surface area contributed by atoms with Crippen LogP contribution in [0.1, 0.15) is 46.1 Å². The maximum atomic E-state index is 6.29. The summed E-state index contributed by atoms with van der Waals surface area (Å²) in [4.78, 5) is 6.68. The molecular weight excluding hydrogens is 270 g/mol. The predicted molar refractivity (Wildman–Crippen MR) is 85.1 cm³/mol. The van der Waals surface area contributed by atoms with Crippen molar-refractivity contribution >= 4 is 11.6 Å². The molecule has 1 N–H and O–H groups in total. The highest BCUT2D eigenvalue weighted by atomic mass is 35.5. The number of piperazine rings is 1. The first-order valence-electron chi connectivity index (χ1n) is 7.51. The van der Waals surface area contributed by atoms with Crippen LogP contribution in [0.15, 0.2) is 18.5 Å². The van der Waals surface area contributed by atoms with Gasteiger partial charge < -0.3 is 5.32 Å². The largest absolute Gasteiger partial charge is 0.309 e. The number of pyridine rings is 1. The van der Waals surface area contributed by atoms with E-state index in [4.69, 9.17) is 11.6 Å². The maximum Gasteiger partial charge on any atom is 0.0634 e. The number of hydrogen-bond acceptors (Lipinski definition) is 3. The molecule has 112 valence electrons. The van der Waals surface area contributed by atoms with Crippen LogP contribution in [0.5, 0.6) is 0 Å². The van der Waals surface area contributed by atoms with Gasteiger partial charge in [0.2, 0.25) is 0 Å². The second-order valence-corrected chi connectivity index (χ2v) is 6.90. The quantitative estimate of drug-likeness (QED) is 0.922. The first kappa shape index (κ1) is 15.7. The molecule has 0 spiro atoms. The van der Waals surface area contributed by atoms with Crippen LogP contribution in [-0.2, 0) is 6.54 Å². The fourth-order valence-electron chi connectivity index (χ4n) is 3.13. The van der Waals surface area contributed by atoms with Crippen LogP contribution in [0.3, 0.4) is 0 Å². The molecule has 0 unspecified atom stereocenters. The predicted octanol–water partition coefficient (Wildman–Crippen LogP) is 3.48. The van der Waals surface area contributed by atoms with Gasteiger partial charge in [-0.15, -0.1) is 0 Å². The second kappa shape index (κ2) is 6.00. The lowest BCUT2D eigenvalue weighted by atomic mass is 9.84. The molecule has 0 saturated carbocycles. The van der Waals surface area contributed by atoms with Gasteiger partial charge in [-0.05, 0) is 38.3 Å². The number of nitrogens with one attached hydrogen (secondary N) is 1. The van der Waals surface area contributed by atoms with E-state index in [1.165, 1.54) is 5.56 Å². The molecule has 1 aliphatic rings. The van der Waals surface area contributed by atoms with Gasteiger partial charge in [0.25, 0.3) is 0 Å². The zero-order valence-corrected chi connectivity index (χ0v) is 13.8. The summed E-state index contributed by atoms with van der Waals surface area (Å²) in [5.41, 5.74) is 1.54. The highest BCUT2D eigenvalue weighted by Gasteiger charge is 2.41. The summed E-state index contributed by atoms with van der Waals surface area (Å²) in [5.74, 6) is 0. The fourth-order valence-corrected chi connectivity index (χ4v) is 3.30. The third-order valence-electron chi connectivity index (χ3n) is 4.69. The summed E-state index contributed by atoms with van der Waals surface area (Å²) in [7, 11) is 0. The Morgan fingerprint density at radius 3 is 2.65 bits per heavy atom. The number of nitrogens with zero attached hydrogens (tertiary/aromatic N) is 2. The third kappa shape index (κ3) is 3.16. The molecule has 1 fully saturated rings. The summed E-state index contributed by atoms with van der Waals surface area (Å²) in [6, 6.07) is 2.04. The summed E-state index contributed by atoms with van der Waals surface area (Å²) in [5, 5.41) is 4.46. The van der Waals surface area contributed by atoms with Crippen LogP contribution in [-0.4, -0.2) is 34.1 Å². The molecule has 0 amide bonds. The molecule has 20 heavy (non-hydrogen) atoms. The highest BCUT2D eigenvalue weighted by Crippen LogP contribution is 2.32. The van der Waals surface area contributed by atoms with Crippen LogP contribution in [0.25, 0.3) is 0 Å². The number of rotatable bonds is 4. The Kier molecular flexibility index (Phi) is 4.73. The standard InChI is InChI=1S/C16H26ClN3/c1-5-16(6-2)11-19-15(3,4)12-20(16)10-13-7-8-18-9-14(13)17/h7-9,19H,5-6,10-12H2,1-4H3. The SMILES string of the molecule is CCC1(CC)CNC(C)(C)CN1Cc1ccncc1Cl.